The maximum absolute atomic E-state index is 12.5. The molecule has 1 fully saturated rings. The van der Waals surface area contributed by atoms with Crippen LogP contribution in [0.15, 0.2) is 30.5 Å². The van der Waals surface area contributed by atoms with Crippen molar-refractivity contribution in [3.63, 3.8) is 0 Å². The van der Waals surface area contributed by atoms with Crippen molar-refractivity contribution in [2.24, 2.45) is 11.8 Å². The molecule has 0 radical (unpaired) electrons. The number of rotatable bonds is 5. The molecule has 0 atom stereocenters. The van der Waals surface area contributed by atoms with Crippen LogP contribution in [-0.4, -0.2) is 28.9 Å². The Morgan fingerprint density at radius 3 is 2.33 bits per heavy atom. The Balaban J connectivity index is 1.43. The molecular formula is C22H31N3O2. The van der Waals surface area contributed by atoms with Crippen molar-refractivity contribution in [3.05, 3.63) is 36.0 Å². The SMILES string of the molecule is CC(C)(C)NC(=O)C1CCC(C(=O)NCCc2c[nH]c3ccccc23)CC1. The van der Waals surface area contributed by atoms with Gasteiger partial charge in [-0.3, -0.25) is 9.59 Å². The van der Waals surface area contributed by atoms with Gasteiger partial charge in [0, 0.05) is 41.0 Å². The van der Waals surface area contributed by atoms with Crippen LogP contribution in [0.4, 0.5) is 0 Å². The van der Waals surface area contributed by atoms with E-state index in [1.165, 1.54) is 10.9 Å². The Kier molecular flexibility index (Phi) is 5.88. The molecule has 0 bridgehead atoms. The lowest BCUT2D eigenvalue weighted by molar-refractivity contribution is -0.131. The van der Waals surface area contributed by atoms with E-state index in [2.05, 4.69) is 27.8 Å². The van der Waals surface area contributed by atoms with Gasteiger partial charge in [0.15, 0.2) is 0 Å². The van der Waals surface area contributed by atoms with E-state index in [0.717, 1.165) is 37.6 Å². The first kappa shape index (κ1) is 19.5. The number of carbonyl (C=O) groups is 2. The highest BCUT2D eigenvalue weighted by molar-refractivity contribution is 5.83. The molecule has 1 heterocycles. The number of benzene rings is 1. The summed E-state index contributed by atoms with van der Waals surface area (Å²) >= 11 is 0. The number of carbonyl (C=O) groups excluding carboxylic acids is 2. The maximum atomic E-state index is 12.5. The van der Waals surface area contributed by atoms with Crippen LogP contribution in [0.3, 0.4) is 0 Å². The molecule has 1 aliphatic rings. The second-order valence-electron chi connectivity index (χ2n) is 8.69. The van der Waals surface area contributed by atoms with Crippen LogP contribution < -0.4 is 10.6 Å². The molecule has 1 aliphatic carbocycles. The van der Waals surface area contributed by atoms with Gasteiger partial charge in [0.2, 0.25) is 11.8 Å². The molecule has 0 spiro atoms. The van der Waals surface area contributed by atoms with E-state index < -0.39 is 0 Å². The number of amides is 2. The third kappa shape index (κ3) is 5.12. The summed E-state index contributed by atoms with van der Waals surface area (Å²) in [6, 6.07) is 8.22. The number of aromatic amines is 1. The standard InChI is InChI=1S/C22H31N3O2/c1-22(2,3)25-21(27)16-10-8-15(9-11-16)20(26)23-13-12-17-14-24-19-7-5-4-6-18(17)19/h4-7,14-16,24H,8-13H2,1-3H3,(H,23,26)(H,25,27). The average molecular weight is 370 g/mol. The molecule has 0 unspecified atom stereocenters. The highest BCUT2D eigenvalue weighted by Gasteiger charge is 2.31. The van der Waals surface area contributed by atoms with Crippen LogP contribution in [0, 0.1) is 11.8 Å². The Morgan fingerprint density at radius 2 is 1.67 bits per heavy atom. The fraction of sp³-hybridized carbons (Fsp3) is 0.545. The van der Waals surface area contributed by atoms with Crippen LogP contribution in [0.25, 0.3) is 10.9 Å². The van der Waals surface area contributed by atoms with Crippen LogP contribution >= 0.6 is 0 Å². The van der Waals surface area contributed by atoms with Crippen LogP contribution in [0.5, 0.6) is 0 Å². The van der Waals surface area contributed by atoms with Gasteiger partial charge in [-0.1, -0.05) is 18.2 Å². The molecule has 2 amide bonds. The molecule has 5 heteroatoms. The molecule has 27 heavy (non-hydrogen) atoms. The summed E-state index contributed by atoms with van der Waals surface area (Å²) in [4.78, 5) is 28.0. The van der Waals surface area contributed by atoms with Gasteiger partial charge in [0.05, 0.1) is 0 Å². The summed E-state index contributed by atoms with van der Waals surface area (Å²) in [5.41, 5.74) is 2.16. The number of aromatic nitrogens is 1. The van der Waals surface area contributed by atoms with Crippen molar-refractivity contribution < 1.29 is 9.59 Å². The molecule has 5 nitrogen and oxygen atoms in total. The first-order valence-corrected chi connectivity index (χ1v) is 9.98. The Labute approximate surface area is 161 Å². The highest BCUT2D eigenvalue weighted by Crippen LogP contribution is 2.29. The monoisotopic (exact) mass is 369 g/mol. The molecule has 1 aromatic carbocycles. The van der Waals surface area contributed by atoms with Gasteiger partial charge in [0.25, 0.3) is 0 Å². The van der Waals surface area contributed by atoms with Gasteiger partial charge < -0.3 is 15.6 Å². The minimum absolute atomic E-state index is 0.0339. The minimum atomic E-state index is -0.201. The lowest BCUT2D eigenvalue weighted by Gasteiger charge is -2.30. The Bertz CT molecular complexity index is 795. The largest absolute Gasteiger partial charge is 0.361 e. The average Bonchev–Trinajstić information content (AvgIpc) is 3.04. The number of fused-ring (bicyclic) bond motifs is 1. The molecule has 3 rings (SSSR count). The van der Waals surface area contributed by atoms with E-state index in [-0.39, 0.29) is 29.2 Å². The highest BCUT2D eigenvalue weighted by atomic mass is 16.2. The lowest BCUT2D eigenvalue weighted by atomic mass is 9.81. The lowest BCUT2D eigenvalue weighted by Crippen LogP contribution is -2.45. The summed E-state index contributed by atoms with van der Waals surface area (Å²) in [6.45, 7) is 6.64. The second kappa shape index (κ2) is 8.15. The Hall–Kier alpha value is -2.30. The van der Waals surface area contributed by atoms with Crippen molar-refractivity contribution in [1.82, 2.24) is 15.6 Å². The second-order valence-corrected chi connectivity index (χ2v) is 8.69. The van der Waals surface area contributed by atoms with E-state index >= 15 is 0 Å². The Morgan fingerprint density at radius 1 is 1.04 bits per heavy atom. The molecule has 1 saturated carbocycles. The predicted octanol–water partition coefficient (Wildman–Crippen LogP) is 3.55. The van der Waals surface area contributed by atoms with Crippen molar-refractivity contribution in [2.45, 2.75) is 58.4 Å². The number of H-pyrrole nitrogens is 1. The summed E-state index contributed by atoms with van der Waals surface area (Å²) in [7, 11) is 0. The van der Waals surface area contributed by atoms with Crippen molar-refractivity contribution in [3.8, 4) is 0 Å². The molecule has 146 valence electrons. The maximum Gasteiger partial charge on any atom is 0.223 e. The normalized spacial score (nSPS) is 20.4. The topological polar surface area (TPSA) is 74.0 Å². The van der Waals surface area contributed by atoms with Crippen molar-refractivity contribution >= 4 is 22.7 Å². The van der Waals surface area contributed by atoms with E-state index in [4.69, 9.17) is 0 Å². The molecule has 1 aromatic heterocycles. The van der Waals surface area contributed by atoms with Gasteiger partial charge in [0.1, 0.15) is 0 Å². The molecule has 0 saturated heterocycles. The molecule has 0 aliphatic heterocycles. The summed E-state index contributed by atoms with van der Waals surface area (Å²) < 4.78 is 0. The number of para-hydroxylation sites is 1. The zero-order valence-electron chi connectivity index (χ0n) is 16.6. The fourth-order valence-corrected chi connectivity index (χ4v) is 3.89. The molecule has 3 N–H and O–H groups in total. The minimum Gasteiger partial charge on any atom is -0.361 e. The van der Waals surface area contributed by atoms with Gasteiger partial charge in [-0.25, -0.2) is 0 Å². The fourth-order valence-electron chi connectivity index (χ4n) is 3.89. The van der Waals surface area contributed by atoms with Crippen molar-refractivity contribution in [1.29, 1.82) is 0 Å². The third-order valence-electron chi connectivity index (χ3n) is 5.34. The van der Waals surface area contributed by atoms with Crippen molar-refractivity contribution in [2.75, 3.05) is 6.54 Å². The van der Waals surface area contributed by atoms with Crippen LogP contribution in [-0.2, 0) is 16.0 Å². The van der Waals surface area contributed by atoms with Crippen LogP contribution in [0.2, 0.25) is 0 Å². The molecule has 2 aromatic rings. The number of hydrogen-bond donors (Lipinski definition) is 3. The summed E-state index contributed by atoms with van der Waals surface area (Å²) in [5, 5.41) is 7.36. The quantitative estimate of drug-likeness (QED) is 0.754. The molecular weight excluding hydrogens is 338 g/mol. The number of hydrogen-bond acceptors (Lipinski definition) is 2. The van der Waals surface area contributed by atoms with Crippen LogP contribution in [0.1, 0.15) is 52.0 Å². The van der Waals surface area contributed by atoms with Gasteiger partial charge in [-0.2, -0.15) is 0 Å². The summed E-state index contributed by atoms with van der Waals surface area (Å²) in [6.07, 6.45) is 6.02. The van der Waals surface area contributed by atoms with Gasteiger partial charge >= 0.3 is 0 Å². The summed E-state index contributed by atoms with van der Waals surface area (Å²) in [5.74, 6) is 0.330. The van der Waals surface area contributed by atoms with E-state index in [1.807, 2.05) is 39.1 Å². The van der Waals surface area contributed by atoms with Gasteiger partial charge in [-0.15, -0.1) is 0 Å². The smallest absolute Gasteiger partial charge is 0.223 e. The van der Waals surface area contributed by atoms with Gasteiger partial charge in [-0.05, 0) is 64.5 Å². The van der Waals surface area contributed by atoms with E-state index in [9.17, 15) is 9.59 Å². The van der Waals surface area contributed by atoms with E-state index in [1.54, 1.807) is 0 Å². The zero-order chi connectivity index (χ0) is 19.4. The zero-order valence-corrected chi connectivity index (χ0v) is 16.6. The first-order valence-electron chi connectivity index (χ1n) is 9.98. The first-order chi connectivity index (χ1) is 12.8. The van der Waals surface area contributed by atoms with E-state index in [0.29, 0.717) is 6.54 Å². The number of nitrogens with one attached hydrogen (secondary N) is 3. The predicted molar refractivity (Wildman–Crippen MR) is 108 cm³/mol. The third-order valence-corrected chi connectivity index (χ3v) is 5.34.